The van der Waals surface area contributed by atoms with Gasteiger partial charge in [-0.15, -0.1) is 0 Å². The van der Waals surface area contributed by atoms with Crippen LogP contribution in [0.15, 0.2) is 18.2 Å². The lowest BCUT2D eigenvalue weighted by Gasteiger charge is -2.21. The van der Waals surface area contributed by atoms with Crippen LogP contribution in [0.25, 0.3) is 0 Å². The fourth-order valence-corrected chi connectivity index (χ4v) is 1.68. The Morgan fingerprint density at radius 2 is 2.00 bits per heavy atom. The molecule has 3 heteroatoms. The van der Waals surface area contributed by atoms with Gasteiger partial charge in [0.1, 0.15) is 0 Å². The van der Waals surface area contributed by atoms with Crippen LogP contribution in [0, 0.1) is 0 Å². The summed E-state index contributed by atoms with van der Waals surface area (Å²) in [5.74, 6) is 0. The molecule has 0 bridgehead atoms. The predicted molar refractivity (Wildman–Crippen MR) is 61.1 cm³/mol. The molecule has 0 heterocycles. The normalized spacial score (nSPS) is 15.2. The molecule has 0 aliphatic carbocycles. The second-order valence-electron chi connectivity index (χ2n) is 3.76. The molecule has 0 radical (unpaired) electrons. The maximum atomic E-state index is 9.88. The van der Waals surface area contributed by atoms with E-state index in [4.69, 9.17) is 23.2 Å². The van der Waals surface area contributed by atoms with Gasteiger partial charge in [0.2, 0.25) is 0 Å². The highest BCUT2D eigenvalue weighted by Gasteiger charge is 2.19. The van der Waals surface area contributed by atoms with Crippen molar-refractivity contribution in [1.29, 1.82) is 0 Å². The Labute approximate surface area is 94.7 Å². The number of aliphatic hydroxyl groups is 1. The standard InChI is InChI=1S/C11H14Cl2O/c1-3-11(2,14)7-8-4-5-9(12)6-10(8)13/h4-6,14H,3,7H2,1-2H3. The van der Waals surface area contributed by atoms with Gasteiger partial charge in [0, 0.05) is 16.5 Å². The fourth-order valence-electron chi connectivity index (χ4n) is 1.20. The minimum Gasteiger partial charge on any atom is -0.390 e. The molecule has 0 saturated heterocycles. The Kier molecular flexibility index (Phi) is 3.82. The summed E-state index contributed by atoms with van der Waals surface area (Å²) >= 11 is 11.8. The number of benzene rings is 1. The molecule has 1 N–H and O–H groups in total. The van der Waals surface area contributed by atoms with Crippen LogP contribution in [0.3, 0.4) is 0 Å². The van der Waals surface area contributed by atoms with E-state index in [1.54, 1.807) is 19.1 Å². The second kappa shape index (κ2) is 4.52. The quantitative estimate of drug-likeness (QED) is 0.843. The highest BCUT2D eigenvalue weighted by Crippen LogP contribution is 2.25. The summed E-state index contributed by atoms with van der Waals surface area (Å²) < 4.78 is 0. The smallest absolute Gasteiger partial charge is 0.0657 e. The molecule has 0 fully saturated rings. The Bertz CT molecular complexity index is 321. The van der Waals surface area contributed by atoms with Crippen molar-refractivity contribution in [3.05, 3.63) is 33.8 Å². The molecule has 0 aliphatic heterocycles. The van der Waals surface area contributed by atoms with Gasteiger partial charge in [0.05, 0.1) is 5.60 Å². The zero-order valence-electron chi connectivity index (χ0n) is 8.35. The first-order valence-electron chi connectivity index (χ1n) is 4.61. The topological polar surface area (TPSA) is 20.2 Å². The summed E-state index contributed by atoms with van der Waals surface area (Å²) in [4.78, 5) is 0. The number of rotatable bonds is 3. The lowest BCUT2D eigenvalue weighted by atomic mass is 9.94. The van der Waals surface area contributed by atoms with Crippen LogP contribution >= 0.6 is 23.2 Å². The third-order valence-electron chi connectivity index (χ3n) is 2.35. The van der Waals surface area contributed by atoms with Crippen molar-refractivity contribution in [3.63, 3.8) is 0 Å². The average molecular weight is 233 g/mol. The zero-order chi connectivity index (χ0) is 10.8. The van der Waals surface area contributed by atoms with Crippen molar-refractivity contribution in [3.8, 4) is 0 Å². The summed E-state index contributed by atoms with van der Waals surface area (Å²) in [7, 11) is 0. The lowest BCUT2D eigenvalue weighted by Crippen LogP contribution is -2.25. The molecule has 1 aromatic carbocycles. The number of hydrogen-bond acceptors (Lipinski definition) is 1. The van der Waals surface area contributed by atoms with Crippen LogP contribution in [-0.4, -0.2) is 10.7 Å². The van der Waals surface area contributed by atoms with Gasteiger partial charge in [-0.05, 0) is 31.0 Å². The van der Waals surface area contributed by atoms with E-state index in [1.165, 1.54) is 0 Å². The van der Waals surface area contributed by atoms with Crippen LogP contribution in [0.2, 0.25) is 10.0 Å². The molecule has 1 atom stereocenters. The van der Waals surface area contributed by atoms with Crippen LogP contribution in [0.4, 0.5) is 0 Å². The van der Waals surface area contributed by atoms with Gasteiger partial charge in [-0.3, -0.25) is 0 Å². The van der Waals surface area contributed by atoms with Gasteiger partial charge in [-0.1, -0.05) is 36.2 Å². The van der Waals surface area contributed by atoms with E-state index in [0.29, 0.717) is 22.9 Å². The van der Waals surface area contributed by atoms with Crippen LogP contribution in [0.5, 0.6) is 0 Å². The van der Waals surface area contributed by atoms with Crippen LogP contribution < -0.4 is 0 Å². The van der Waals surface area contributed by atoms with Crippen LogP contribution in [0.1, 0.15) is 25.8 Å². The van der Waals surface area contributed by atoms with E-state index >= 15 is 0 Å². The predicted octanol–water partition coefficient (Wildman–Crippen LogP) is 3.70. The van der Waals surface area contributed by atoms with E-state index in [9.17, 15) is 5.11 Å². The van der Waals surface area contributed by atoms with Crippen LogP contribution in [-0.2, 0) is 6.42 Å². The molecule has 0 aliphatic rings. The summed E-state index contributed by atoms with van der Waals surface area (Å²) in [6.45, 7) is 3.75. The van der Waals surface area contributed by atoms with E-state index in [2.05, 4.69) is 0 Å². The number of hydrogen-bond donors (Lipinski definition) is 1. The van der Waals surface area contributed by atoms with Gasteiger partial charge in [0.25, 0.3) is 0 Å². The maximum absolute atomic E-state index is 9.88. The Morgan fingerprint density at radius 3 is 2.50 bits per heavy atom. The lowest BCUT2D eigenvalue weighted by molar-refractivity contribution is 0.0565. The second-order valence-corrected chi connectivity index (χ2v) is 4.61. The van der Waals surface area contributed by atoms with E-state index in [-0.39, 0.29) is 0 Å². The Hall–Kier alpha value is -0.240. The molecule has 0 amide bonds. The van der Waals surface area contributed by atoms with Crippen molar-refractivity contribution < 1.29 is 5.11 Å². The maximum Gasteiger partial charge on any atom is 0.0657 e. The molecule has 1 aromatic rings. The third kappa shape index (κ3) is 3.16. The summed E-state index contributed by atoms with van der Waals surface area (Å²) in [6, 6.07) is 5.34. The minimum atomic E-state index is -0.697. The van der Waals surface area contributed by atoms with Crippen molar-refractivity contribution in [1.82, 2.24) is 0 Å². The molecule has 0 aromatic heterocycles. The van der Waals surface area contributed by atoms with Gasteiger partial charge in [-0.25, -0.2) is 0 Å². The van der Waals surface area contributed by atoms with Crippen molar-refractivity contribution in [2.45, 2.75) is 32.3 Å². The SMILES string of the molecule is CCC(C)(O)Cc1ccc(Cl)cc1Cl. The van der Waals surface area contributed by atoms with E-state index < -0.39 is 5.60 Å². The fraction of sp³-hybridized carbons (Fsp3) is 0.455. The van der Waals surface area contributed by atoms with Crippen molar-refractivity contribution in [2.75, 3.05) is 0 Å². The molecule has 1 nitrogen and oxygen atoms in total. The first-order chi connectivity index (χ1) is 6.44. The van der Waals surface area contributed by atoms with Crippen molar-refractivity contribution >= 4 is 23.2 Å². The molecule has 1 rings (SSSR count). The van der Waals surface area contributed by atoms with Gasteiger partial charge in [0.15, 0.2) is 0 Å². The largest absolute Gasteiger partial charge is 0.390 e. The average Bonchev–Trinajstić information content (AvgIpc) is 2.10. The summed E-state index contributed by atoms with van der Waals surface area (Å²) in [5, 5.41) is 11.1. The highest BCUT2D eigenvalue weighted by molar-refractivity contribution is 6.35. The van der Waals surface area contributed by atoms with E-state index in [1.807, 2.05) is 13.0 Å². The zero-order valence-corrected chi connectivity index (χ0v) is 9.86. The third-order valence-corrected chi connectivity index (χ3v) is 2.94. The first-order valence-corrected chi connectivity index (χ1v) is 5.36. The summed E-state index contributed by atoms with van der Waals surface area (Å²) in [5.41, 5.74) is 0.236. The molecule has 78 valence electrons. The molecule has 14 heavy (non-hydrogen) atoms. The highest BCUT2D eigenvalue weighted by atomic mass is 35.5. The minimum absolute atomic E-state index is 0.555. The van der Waals surface area contributed by atoms with Gasteiger partial charge >= 0.3 is 0 Å². The van der Waals surface area contributed by atoms with Crippen molar-refractivity contribution in [2.24, 2.45) is 0 Å². The molecular weight excluding hydrogens is 219 g/mol. The monoisotopic (exact) mass is 232 g/mol. The molecule has 0 saturated carbocycles. The Balaban J connectivity index is 2.87. The molecular formula is C11H14Cl2O. The Morgan fingerprint density at radius 1 is 1.36 bits per heavy atom. The van der Waals surface area contributed by atoms with E-state index in [0.717, 1.165) is 5.56 Å². The summed E-state index contributed by atoms with van der Waals surface area (Å²) in [6.07, 6.45) is 1.26. The van der Waals surface area contributed by atoms with Gasteiger partial charge < -0.3 is 5.11 Å². The molecule has 1 unspecified atom stereocenters. The first kappa shape index (κ1) is 11.8. The number of halogens is 2. The molecule has 0 spiro atoms. The van der Waals surface area contributed by atoms with Gasteiger partial charge in [-0.2, -0.15) is 0 Å².